The highest BCUT2D eigenvalue weighted by Gasteiger charge is 2.05. The lowest BCUT2D eigenvalue weighted by atomic mass is 10.2. The molecule has 0 saturated carbocycles. The number of halogens is 2. The van der Waals surface area contributed by atoms with E-state index in [1.54, 1.807) is 10.9 Å². The molecule has 96 valence electrons. The maximum absolute atomic E-state index is 13.5. The molecule has 18 heavy (non-hydrogen) atoms. The van der Waals surface area contributed by atoms with Crippen molar-refractivity contribution in [2.75, 3.05) is 6.54 Å². The molecule has 0 aliphatic heterocycles. The molecule has 1 N–H and O–H groups in total. The van der Waals surface area contributed by atoms with Crippen LogP contribution in [-0.4, -0.2) is 16.3 Å². The summed E-state index contributed by atoms with van der Waals surface area (Å²) in [6.45, 7) is 3.89. The Kier molecular flexibility index (Phi) is 4.04. The number of nitrogens with zero attached hydrogens (tertiary/aromatic N) is 2. The number of hydrogen-bond donors (Lipinski definition) is 1. The Labute approximate surface area is 104 Å². The summed E-state index contributed by atoms with van der Waals surface area (Å²) < 4.78 is 27.9. The van der Waals surface area contributed by atoms with Crippen molar-refractivity contribution in [2.45, 2.75) is 20.0 Å². The van der Waals surface area contributed by atoms with Crippen molar-refractivity contribution < 1.29 is 8.78 Å². The second-order valence-corrected chi connectivity index (χ2v) is 4.02. The highest BCUT2D eigenvalue weighted by Crippen LogP contribution is 2.11. The van der Waals surface area contributed by atoms with Gasteiger partial charge in [-0.1, -0.05) is 13.0 Å². The summed E-state index contributed by atoms with van der Waals surface area (Å²) in [4.78, 5) is 0. The number of rotatable bonds is 5. The van der Waals surface area contributed by atoms with E-state index in [0.717, 1.165) is 18.3 Å². The first-order valence-electron chi connectivity index (χ1n) is 5.86. The van der Waals surface area contributed by atoms with Gasteiger partial charge in [-0.25, -0.2) is 8.78 Å². The van der Waals surface area contributed by atoms with Gasteiger partial charge in [0, 0.05) is 24.4 Å². The van der Waals surface area contributed by atoms with Gasteiger partial charge in [-0.05, 0) is 18.7 Å². The molecule has 2 aromatic rings. The van der Waals surface area contributed by atoms with E-state index in [1.807, 2.05) is 13.0 Å². The first kappa shape index (κ1) is 12.7. The minimum Gasteiger partial charge on any atom is -0.311 e. The summed E-state index contributed by atoms with van der Waals surface area (Å²) in [5, 5.41) is 7.46. The van der Waals surface area contributed by atoms with Gasteiger partial charge in [0.15, 0.2) is 0 Å². The van der Waals surface area contributed by atoms with E-state index in [-0.39, 0.29) is 0 Å². The molecule has 1 aromatic heterocycles. The molecule has 1 aromatic carbocycles. The molecular weight excluding hydrogens is 236 g/mol. The number of benzene rings is 1. The van der Waals surface area contributed by atoms with Gasteiger partial charge in [0.05, 0.1) is 12.2 Å². The Morgan fingerprint density at radius 3 is 2.83 bits per heavy atom. The van der Waals surface area contributed by atoms with Crippen LogP contribution in [0, 0.1) is 11.6 Å². The third-order valence-electron chi connectivity index (χ3n) is 2.60. The van der Waals surface area contributed by atoms with Gasteiger partial charge in [0.2, 0.25) is 0 Å². The average molecular weight is 251 g/mol. The topological polar surface area (TPSA) is 29.9 Å². The standard InChI is InChI=1S/C13H15F2N3/c1-2-16-8-12-5-6-18(17-12)9-10-3-4-11(14)7-13(10)15/h3-7,16H,2,8-9H2,1H3. The van der Waals surface area contributed by atoms with Gasteiger partial charge < -0.3 is 5.32 Å². The van der Waals surface area contributed by atoms with Crippen molar-refractivity contribution in [1.82, 2.24) is 15.1 Å². The van der Waals surface area contributed by atoms with Gasteiger partial charge in [0.1, 0.15) is 11.6 Å². The van der Waals surface area contributed by atoms with E-state index in [4.69, 9.17) is 0 Å². The van der Waals surface area contributed by atoms with E-state index >= 15 is 0 Å². The fourth-order valence-corrected chi connectivity index (χ4v) is 1.66. The molecular formula is C13H15F2N3. The molecule has 1 heterocycles. The Morgan fingerprint density at radius 2 is 2.11 bits per heavy atom. The third kappa shape index (κ3) is 3.13. The molecule has 0 unspecified atom stereocenters. The summed E-state index contributed by atoms with van der Waals surface area (Å²) >= 11 is 0. The van der Waals surface area contributed by atoms with Crippen LogP contribution >= 0.6 is 0 Å². The number of aromatic nitrogens is 2. The van der Waals surface area contributed by atoms with Gasteiger partial charge in [-0.2, -0.15) is 5.10 Å². The lowest BCUT2D eigenvalue weighted by Crippen LogP contribution is -2.12. The zero-order valence-electron chi connectivity index (χ0n) is 10.2. The largest absolute Gasteiger partial charge is 0.311 e. The van der Waals surface area contributed by atoms with E-state index < -0.39 is 11.6 Å². The summed E-state index contributed by atoms with van der Waals surface area (Å²) in [7, 11) is 0. The molecule has 0 atom stereocenters. The molecule has 0 aliphatic carbocycles. The first-order chi connectivity index (χ1) is 8.69. The van der Waals surface area contributed by atoms with Crippen LogP contribution in [0.15, 0.2) is 30.5 Å². The Hall–Kier alpha value is -1.75. The van der Waals surface area contributed by atoms with E-state index in [0.29, 0.717) is 18.7 Å². The normalized spacial score (nSPS) is 10.8. The molecule has 2 rings (SSSR count). The Bertz CT molecular complexity index is 523. The third-order valence-corrected chi connectivity index (χ3v) is 2.60. The van der Waals surface area contributed by atoms with Crippen molar-refractivity contribution >= 4 is 0 Å². The number of nitrogens with one attached hydrogen (secondary N) is 1. The smallest absolute Gasteiger partial charge is 0.131 e. The fraction of sp³-hybridized carbons (Fsp3) is 0.308. The minimum absolute atomic E-state index is 0.304. The van der Waals surface area contributed by atoms with Gasteiger partial charge in [-0.3, -0.25) is 4.68 Å². The molecule has 0 bridgehead atoms. The SMILES string of the molecule is CCNCc1ccn(Cc2ccc(F)cc2F)n1. The van der Waals surface area contributed by atoms with E-state index in [1.165, 1.54) is 12.1 Å². The predicted molar refractivity (Wildman–Crippen MR) is 65.1 cm³/mol. The highest BCUT2D eigenvalue weighted by atomic mass is 19.1. The summed E-state index contributed by atoms with van der Waals surface area (Å²) in [5.74, 6) is -1.11. The monoisotopic (exact) mass is 251 g/mol. The van der Waals surface area contributed by atoms with Crippen molar-refractivity contribution in [2.24, 2.45) is 0 Å². The molecule has 0 fully saturated rings. The average Bonchev–Trinajstić information content (AvgIpc) is 2.78. The molecule has 0 amide bonds. The molecule has 0 spiro atoms. The van der Waals surface area contributed by atoms with Gasteiger partial charge >= 0.3 is 0 Å². The summed E-state index contributed by atoms with van der Waals surface area (Å²) in [6.07, 6.45) is 1.79. The molecule has 3 nitrogen and oxygen atoms in total. The minimum atomic E-state index is -0.565. The summed E-state index contributed by atoms with van der Waals surface area (Å²) in [6, 6.07) is 5.46. The van der Waals surface area contributed by atoms with Crippen molar-refractivity contribution in [3.05, 3.63) is 53.4 Å². The van der Waals surface area contributed by atoms with Crippen LogP contribution in [0.5, 0.6) is 0 Å². The first-order valence-corrected chi connectivity index (χ1v) is 5.86. The quantitative estimate of drug-likeness (QED) is 0.883. The Balaban J connectivity index is 2.06. The van der Waals surface area contributed by atoms with E-state index in [2.05, 4.69) is 10.4 Å². The van der Waals surface area contributed by atoms with E-state index in [9.17, 15) is 8.78 Å². The van der Waals surface area contributed by atoms with Crippen LogP contribution in [-0.2, 0) is 13.1 Å². The Morgan fingerprint density at radius 1 is 1.28 bits per heavy atom. The molecule has 5 heteroatoms. The van der Waals surface area contributed by atoms with Gasteiger partial charge in [-0.15, -0.1) is 0 Å². The lowest BCUT2D eigenvalue weighted by Gasteiger charge is -2.04. The number of hydrogen-bond acceptors (Lipinski definition) is 2. The second-order valence-electron chi connectivity index (χ2n) is 4.02. The summed E-state index contributed by atoms with van der Waals surface area (Å²) in [5.41, 5.74) is 1.33. The van der Waals surface area contributed by atoms with Crippen LogP contribution in [0.4, 0.5) is 8.78 Å². The highest BCUT2D eigenvalue weighted by molar-refractivity contribution is 5.19. The van der Waals surface area contributed by atoms with Crippen LogP contribution in [0.1, 0.15) is 18.2 Å². The molecule has 0 aliphatic rings. The molecule has 0 radical (unpaired) electrons. The van der Waals surface area contributed by atoms with Crippen LogP contribution in [0.25, 0.3) is 0 Å². The lowest BCUT2D eigenvalue weighted by molar-refractivity contribution is 0.556. The van der Waals surface area contributed by atoms with Gasteiger partial charge in [0.25, 0.3) is 0 Å². The van der Waals surface area contributed by atoms with Crippen molar-refractivity contribution in [1.29, 1.82) is 0 Å². The maximum atomic E-state index is 13.5. The predicted octanol–water partition coefficient (Wildman–Crippen LogP) is 2.32. The zero-order valence-corrected chi connectivity index (χ0v) is 10.2. The van der Waals surface area contributed by atoms with Crippen LogP contribution in [0.3, 0.4) is 0 Å². The maximum Gasteiger partial charge on any atom is 0.131 e. The fourth-order valence-electron chi connectivity index (χ4n) is 1.66. The van der Waals surface area contributed by atoms with Crippen molar-refractivity contribution in [3.8, 4) is 0 Å². The second kappa shape index (κ2) is 5.73. The zero-order chi connectivity index (χ0) is 13.0. The van der Waals surface area contributed by atoms with Crippen molar-refractivity contribution in [3.63, 3.8) is 0 Å². The molecule has 0 saturated heterocycles. The van der Waals surface area contributed by atoms with Crippen LogP contribution < -0.4 is 5.32 Å². The van der Waals surface area contributed by atoms with Crippen LogP contribution in [0.2, 0.25) is 0 Å².